The maximum atomic E-state index is 12.0. The third kappa shape index (κ3) is 2.30. The number of Topliss-reactive ketones (excluding diaryl/α,β-unsaturated/α-hetero) is 1. The molecule has 2 rings (SSSR count). The third-order valence-electron chi connectivity index (χ3n) is 2.93. The zero-order chi connectivity index (χ0) is 13.1. The molecule has 2 heterocycles. The van der Waals surface area contributed by atoms with Crippen LogP contribution in [0.2, 0.25) is 0 Å². The molecule has 96 valence electrons. The normalized spacial score (nSPS) is 10.8. The molecule has 0 spiro atoms. The first-order valence-corrected chi connectivity index (χ1v) is 6.03. The van der Waals surface area contributed by atoms with Gasteiger partial charge in [-0.1, -0.05) is 6.92 Å². The van der Waals surface area contributed by atoms with E-state index in [0.717, 1.165) is 6.42 Å². The largest absolute Gasteiger partial charge is 0.348 e. The fraction of sp³-hybridized carbons (Fsp3) is 0.385. The van der Waals surface area contributed by atoms with Crippen molar-refractivity contribution < 1.29 is 4.79 Å². The van der Waals surface area contributed by atoms with Gasteiger partial charge in [0.2, 0.25) is 0 Å². The molecule has 0 unspecified atom stereocenters. The Labute approximate surface area is 105 Å². The summed E-state index contributed by atoms with van der Waals surface area (Å²) in [6.07, 6.45) is 6.11. The maximum absolute atomic E-state index is 12.0. The Morgan fingerprint density at radius 2 is 1.94 bits per heavy atom. The summed E-state index contributed by atoms with van der Waals surface area (Å²) in [5.41, 5.74) is 0.490. The van der Waals surface area contributed by atoms with Crippen molar-refractivity contribution in [2.75, 3.05) is 0 Å². The van der Waals surface area contributed by atoms with Gasteiger partial charge < -0.3 is 4.57 Å². The van der Waals surface area contributed by atoms with Crippen molar-refractivity contribution in [2.24, 2.45) is 7.05 Å². The van der Waals surface area contributed by atoms with Gasteiger partial charge in [0.15, 0.2) is 5.78 Å². The lowest BCUT2D eigenvalue weighted by atomic mass is 10.3. The van der Waals surface area contributed by atoms with Gasteiger partial charge in [0.25, 0.3) is 0 Å². The zero-order valence-corrected chi connectivity index (χ0v) is 10.7. The van der Waals surface area contributed by atoms with E-state index in [9.17, 15) is 9.59 Å². The van der Waals surface area contributed by atoms with Crippen LogP contribution in [0.5, 0.6) is 0 Å². The zero-order valence-electron chi connectivity index (χ0n) is 10.7. The number of imidazole rings is 1. The first kappa shape index (κ1) is 12.4. The number of hydrogen-bond acceptors (Lipinski definition) is 2. The monoisotopic (exact) mass is 247 g/mol. The van der Waals surface area contributed by atoms with Crippen molar-refractivity contribution in [2.45, 2.75) is 26.4 Å². The molecule has 0 aliphatic rings. The molecule has 5 nitrogen and oxygen atoms in total. The molecule has 2 aromatic heterocycles. The van der Waals surface area contributed by atoms with Gasteiger partial charge in [-0.3, -0.25) is 13.9 Å². The van der Waals surface area contributed by atoms with Gasteiger partial charge in [0, 0.05) is 32.2 Å². The van der Waals surface area contributed by atoms with Gasteiger partial charge in [0.1, 0.15) is 0 Å². The van der Waals surface area contributed by atoms with Crippen LogP contribution in [-0.2, 0) is 20.1 Å². The molecule has 0 N–H and O–H groups in total. The molecule has 0 fully saturated rings. The summed E-state index contributed by atoms with van der Waals surface area (Å²) in [5, 5.41) is 0. The lowest BCUT2D eigenvalue weighted by molar-refractivity contribution is 0.0963. The highest BCUT2D eigenvalue weighted by atomic mass is 16.2. The fourth-order valence-corrected chi connectivity index (χ4v) is 1.97. The van der Waals surface area contributed by atoms with Gasteiger partial charge >= 0.3 is 5.69 Å². The lowest BCUT2D eigenvalue weighted by Crippen LogP contribution is -2.27. The summed E-state index contributed by atoms with van der Waals surface area (Å²) in [5.74, 6) is -0.0566. The first-order chi connectivity index (χ1) is 8.63. The second-order valence-electron chi connectivity index (χ2n) is 4.33. The Bertz CT molecular complexity index is 604. The molecule has 18 heavy (non-hydrogen) atoms. The van der Waals surface area contributed by atoms with Crippen LogP contribution in [0.4, 0.5) is 0 Å². The number of hydrogen-bond donors (Lipinski definition) is 0. The molecule has 2 aromatic rings. The molecule has 0 saturated carbocycles. The molecule has 0 bridgehead atoms. The van der Waals surface area contributed by atoms with E-state index >= 15 is 0 Å². The summed E-state index contributed by atoms with van der Waals surface area (Å²) in [7, 11) is 1.82. The molecular formula is C13H17N3O2. The smallest absolute Gasteiger partial charge is 0.328 e. The molecule has 0 atom stereocenters. The highest BCUT2D eigenvalue weighted by Gasteiger charge is 2.12. The summed E-state index contributed by atoms with van der Waals surface area (Å²) >= 11 is 0. The summed E-state index contributed by atoms with van der Waals surface area (Å²) in [6, 6.07) is 3.58. The van der Waals surface area contributed by atoms with E-state index in [1.807, 2.05) is 26.2 Å². The number of rotatable bonds is 5. The predicted molar refractivity (Wildman–Crippen MR) is 68.7 cm³/mol. The first-order valence-electron chi connectivity index (χ1n) is 6.03. The van der Waals surface area contributed by atoms with Gasteiger partial charge in [-0.2, -0.15) is 0 Å². The Hall–Kier alpha value is -2.04. The van der Waals surface area contributed by atoms with Crippen molar-refractivity contribution in [1.82, 2.24) is 13.7 Å². The quantitative estimate of drug-likeness (QED) is 0.747. The van der Waals surface area contributed by atoms with E-state index in [2.05, 4.69) is 0 Å². The van der Waals surface area contributed by atoms with Crippen LogP contribution >= 0.6 is 0 Å². The summed E-state index contributed by atoms with van der Waals surface area (Å²) in [4.78, 5) is 23.9. The Balaban J connectivity index is 2.18. The van der Waals surface area contributed by atoms with Crippen LogP contribution in [-0.4, -0.2) is 19.5 Å². The number of aryl methyl sites for hydroxylation is 2. The molecule has 0 aromatic carbocycles. The predicted octanol–water partition coefficient (Wildman–Crippen LogP) is 1.28. The van der Waals surface area contributed by atoms with Gasteiger partial charge in [0.05, 0.1) is 12.2 Å². The van der Waals surface area contributed by atoms with Crippen molar-refractivity contribution in [3.8, 4) is 0 Å². The minimum absolute atomic E-state index is 0.0566. The molecule has 0 aliphatic carbocycles. The van der Waals surface area contributed by atoms with Crippen LogP contribution < -0.4 is 5.69 Å². The number of aromatic nitrogens is 3. The third-order valence-corrected chi connectivity index (χ3v) is 2.93. The molecule has 0 aliphatic heterocycles. The van der Waals surface area contributed by atoms with Crippen molar-refractivity contribution in [1.29, 1.82) is 0 Å². The van der Waals surface area contributed by atoms with Crippen LogP contribution in [0.25, 0.3) is 0 Å². The number of carbonyl (C=O) groups excluding carboxylic acids is 1. The highest BCUT2D eigenvalue weighted by Crippen LogP contribution is 2.02. The van der Waals surface area contributed by atoms with Crippen LogP contribution in [0.15, 0.2) is 35.5 Å². The number of carbonyl (C=O) groups is 1. The standard InChI is InChI=1S/C13H17N3O2/c1-3-6-15-8-9-16(13(15)18)10-12(17)11-5-4-7-14(11)2/h4-5,7-9H,3,6,10H2,1-2H3. The van der Waals surface area contributed by atoms with Gasteiger partial charge in [-0.15, -0.1) is 0 Å². The minimum Gasteiger partial charge on any atom is -0.348 e. The maximum Gasteiger partial charge on any atom is 0.328 e. The van der Waals surface area contributed by atoms with E-state index < -0.39 is 0 Å². The summed E-state index contributed by atoms with van der Waals surface area (Å²) in [6.45, 7) is 2.79. The van der Waals surface area contributed by atoms with Crippen molar-refractivity contribution in [3.63, 3.8) is 0 Å². The van der Waals surface area contributed by atoms with Crippen molar-refractivity contribution in [3.05, 3.63) is 46.9 Å². The van der Waals surface area contributed by atoms with Gasteiger partial charge in [-0.25, -0.2) is 4.79 Å². The molecule has 0 radical (unpaired) electrons. The van der Waals surface area contributed by atoms with Crippen LogP contribution in [0.3, 0.4) is 0 Å². The Morgan fingerprint density at radius 3 is 2.56 bits per heavy atom. The average molecular weight is 247 g/mol. The topological polar surface area (TPSA) is 48.9 Å². The van der Waals surface area contributed by atoms with E-state index in [4.69, 9.17) is 0 Å². The SMILES string of the molecule is CCCn1ccn(CC(=O)c2cccn2C)c1=O. The minimum atomic E-state index is -0.126. The second kappa shape index (κ2) is 5.08. The fourth-order valence-electron chi connectivity index (χ4n) is 1.97. The Kier molecular flexibility index (Phi) is 3.50. The molecule has 0 amide bonds. The molecule has 5 heteroatoms. The summed E-state index contributed by atoms with van der Waals surface area (Å²) < 4.78 is 4.83. The average Bonchev–Trinajstić information content (AvgIpc) is 2.90. The van der Waals surface area contributed by atoms with Gasteiger partial charge in [-0.05, 0) is 18.6 Å². The highest BCUT2D eigenvalue weighted by molar-refractivity contribution is 5.94. The van der Waals surface area contributed by atoms with E-state index in [1.165, 1.54) is 4.57 Å². The van der Waals surface area contributed by atoms with E-state index in [1.54, 1.807) is 27.6 Å². The van der Waals surface area contributed by atoms with Crippen LogP contribution in [0, 0.1) is 0 Å². The molecular weight excluding hydrogens is 230 g/mol. The van der Waals surface area contributed by atoms with Crippen LogP contribution in [0.1, 0.15) is 23.8 Å². The second-order valence-corrected chi connectivity index (χ2v) is 4.33. The van der Waals surface area contributed by atoms with Crippen molar-refractivity contribution >= 4 is 5.78 Å². The van der Waals surface area contributed by atoms with E-state index in [-0.39, 0.29) is 18.0 Å². The number of nitrogens with zero attached hydrogens (tertiary/aromatic N) is 3. The Morgan fingerprint density at radius 1 is 1.22 bits per heavy atom. The lowest BCUT2D eigenvalue weighted by Gasteiger charge is -2.03. The number of ketones is 1. The molecule has 0 saturated heterocycles. The van der Waals surface area contributed by atoms with E-state index in [0.29, 0.717) is 12.2 Å².